The van der Waals surface area contributed by atoms with Crippen LogP contribution >= 0.6 is 0 Å². The van der Waals surface area contributed by atoms with Crippen LogP contribution in [0.5, 0.6) is 11.5 Å². The number of nitrogens with zero attached hydrogens (tertiary/aromatic N) is 1. The second-order valence-electron chi connectivity index (χ2n) is 5.55. The molecular weight excluding hydrogens is 308 g/mol. The Hall–Kier alpha value is -3.02. The van der Waals surface area contributed by atoms with Crippen molar-refractivity contribution in [3.05, 3.63) is 48.0 Å². The maximum atomic E-state index is 12.4. The fourth-order valence-electron chi connectivity index (χ4n) is 2.61. The van der Waals surface area contributed by atoms with Crippen LogP contribution in [0.15, 0.2) is 42.5 Å². The van der Waals surface area contributed by atoms with Gasteiger partial charge >= 0.3 is 5.97 Å². The molecule has 0 radical (unpaired) electrons. The van der Waals surface area contributed by atoms with Gasteiger partial charge in [0.25, 0.3) is 0 Å². The number of anilines is 2. The van der Waals surface area contributed by atoms with Crippen LogP contribution in [0.25, 0.3) is 0 Å². The van der Waals surface area contributed by atoms with Gasteiger partial charge in [-0.2, -0.15) is 0 Å². The van der Waals surface area contributed by atoms with Crippen LogP contribution in [0.1, 0.15) is 5.56 Å². The topological polar surface area (TPSA) is 67.9 Å². The van der Waals surface area contributed by atoms with Crippen molar-refractivity contribution in [1.29, 1.82) is 0 Å². The summed E-state index contributed by atoms with van der Waals surface area (Å²) in [6.07, 6.45) is 0. The van der Waals surface area contributed by atoms with E-state index in [1.54, 1.807) is 30.2 Å². The molecular formula is C18H18N2O4. The minimum absolute atomic E-state index is 0.0375. The molecule has 1 N–H and O–H groups in total. The van der Waals surface area contributed by atoms with Gasteiger partial charge in [0.2, 0.25) is 5.91 Å². The third-order valence-corrected chi connectivity index (χ3v) is 3.71. The Morgan fingerprint density at radius 3 is 2.88 bits per heavy atom. The first-order valence-electron chi connectivity index (χ1n) is 7.56. The molecule has 1 amide bonds. The number of benzene rings is 2. The number of para-hydroxylation sites is 2. The average Bonchev–Trinajstić information content (AvgIpc) is 2.56. The maximum Gasteiger partial charge on any atom is 0.331 e. The largest absolute Gasteiger partial charge is 0.495 e. The number of hydrogen-bond acceptors (Lipinski definition) is 5. The van der Waals surface area contributed by atoms with Gasteiger partial charge in [-0.15, -0.1) is 0 Å². The highest BCUT2D eigenvalue weighted by Gasteiger charge is 2.25. The number of ether oxygens (including phenoxy) is 2. The third-order valence-electron chi connectivity index (χ3n) is 3.71. The summed E-state index contributed by atoms with van der Waals surface area (Å²) >= 11 is 0. The Morgan fingerprint density at radius 2 is 2.08 bits per heavy atom. The molecule has 0 aromatic heterocycles. The Labute approximate surface area is 140 Å². The fourth-order valence-corrected chi connectivity index (χ4v) is 2.61. The van der Waals surface area contributed by atoms with Gasteiger partial charge in [0, 0.05) is 0 Å². The second kappa shape index (κ2) is 6.62. The molecule has 1 heterocycles. The summed E-state index contributed by atoms with van der Waals surface area (Å²) in [6, 6.07) is 12.7. The van der Waals surface area contributed by atoms with E-state index in [2.05, 4.69) is 5.32 Å². The molecule has 6 nitrogen and oxygen atoms in total. The van der Waals surface area contributed by atoms with Crippen molar-refractivity contribution in [3.63, 3.8) is 0 Å². The predicted octanol–water partition coefficient (Wildman–Crippen LogP) is 2.37. The molecule has 1 aliphatic heterocycles. The number of carbonyl (C=O) groups excluding carboxylic acids is 2. The van der Waals surface area contributed by atoms with Gasteiger partial charge in [-0.05, 0) is 36.8 Å². The standard InChI is InChI=1S/C18H18N2O4/c1-12-7-8-16-14(9-12)20(11-18(22)24-16)10-17(21)19-13-5-3-4-6-15(13)23-2/h3-9H,10-11H2,1-2H3,(H,19,21). The van der Waals surface area contributed by atoms with Crippen LogP contribution in [0.4, 0.5) is 11.4 Å². The summed E-state index contributed by atoms with van der Waals surface area (Å²) in [5.41, 5.74) is 2.36. The lowest BCUT2D eigenvalue weighted by molar-refractivity contribution is -0.133. The van der Waals surface area contributed by atoms with E-state index in [4.69, 9.17) is 9.47 Å². The van der Waals surface area contributed by atoms with Crippen LogP contribution in [-0.2, 0) is 9.59 Å². The summed E-state index contributed by atoms with van der Waals surface area (Å²) in [5.74, 6) is 0.445. The van der Waals surface area contributed by atoms with Crippen molar-refractivity contribution in [2.75, 3.05) is 30.4 Å². The Kier molecular flexibility index (Phi) is 4.37. The van der Waals surface area contributed by atoms with Crippen molar-refractivity contribution in [2.24, 2.45) is 0 Å². The minimum Gasteiger partial charge on any atom is -0.495 e. The molecule has 0 saturated heterocycles. The fraction of sp³-hybridized carbons (Fsp3) is 0.222. The quantitative estimate of drug-likeness (QED) is 0.690. The van der Waals surface area contributed by atoms with Gasteiger partial charge < -0.3 is 19.7 Å². The highest BCUT2D eigenvalue weighted by molar-refractivity contribution is 5.97. The monoisotopic (exact) mass is 326 g/mol. The molecule has 6 heteroatoms. The minimum atomic E-state index is -0.378. The highest BCUT2D eigenvalue weighted by atomic mass is 16.5. The normalized spacial score (nSPS) is 13.1. The molecule has 2 aromatic carbocycles. The molecule has 24 heavy (non-hydrogen) atoms. The highest BCUT2D eigenvalue weighted by Crippen LogP contribution is 2.32. The number of carbonyl (C=O) groups is 2. The molecule has 0 aliphatic carbocycles. The van der Waals surface area contributed by atoms with Gasteiger partial charge in [0.05, 0.1) is 25.0 Å². The maximum absolute atomic E-state index is 12.4. The summed E-state index contributed by atoms with van der Waals surface area (Å²) < 4.78 is 10.4. The SMILES string of the molecule is COc1ccccc1NC(=O)CN1CC(=O)Oc2ccc(C)cc21. The van der Waals surface area contributed by atoms with Gasteiger partial charge in [-0.3, -0.25) is 4.79 Å². The number of esters is 1. The lowest BCUT2D eigenvalue weighted by Gasteiger charge is -2.29. The molecule has 0 spiro atoms. The van der Waals surface area contributed by atoms with Crippen LogP contribution in [0.3, 0.4) is 0 Å². The zero-order chi connectivity index (χ0) is 17.1. The summed E-state index contributed by atoms with van der Waals surface area (Å²) in [5, 5.41) is 2.81. The number of nitrogens with one attached hydrogen (secondary N) is 1. The van der Waals surface area contributed by atoms with Crippen molar-refractivity contribution in [3.8, 4) is 11.5 Å². The van der Waals surface area contributed by atoms with E-state index >= 15 is 0 Å². The molecule has 3 rings (SSSR count). The van der Waals surface area contributed by atoms with Crippen molar-refractivity contribution < 1.29 is 19.1 Å². The second-order valence-corrected chi connectivity index (χ2v) is 5.55. The van der Waals surface area contributed by atoms with Gasteiger partial charge in [0.1, 0.15) is 12.3 Å². The third kappa shape index (κ3) is 3.32. The zero-order valence-electron chi connectivity index (χ0n) is 13.5. The number of aryl methyl sites for hydroxylation is 1. The number of rotatable bonds is 4. The van der Waals surface area contributed by atoms with Crippen molar-refractivity contribution in [1.82, 2.24) is 0 Å². The van der Waals surface area contributed by atoms with Gasteiger partial charge in [-0.1, -0.05) is 18.2 Å². The Balaban J connectivity index is 1.77. The predicted molar refractivity (Wildman–Crippen MR) is 90.7 cm³/mol. The van der Waals surface area contributed by atoms with E-state index in [1.807, 2.05) is 31.2 Å². The van der Waals surface area contributed by atoms with Crippen molar-refractivity contribution >= 4 is 23.3 Å². The Bertz CT molecular complexity index is 788. The smallest absolute Gasteiger partial charge is 0.331 e. The summed E-state index contributed by atoms with van der Waals surface area (Å²) in [4.78, 5) is 25.8. The molecule has 0 bridgehead atoms. The summed E-state index contributed by atoms with van der Waals surface area (Å²) in [6.45, 7) is 2.03. The molecule has 0 atom stereocenters. The van der Waals surface area contributed by atoms with E-state index in [9.17, 15) is 9.59 Å². The number of amides is 1. The summed E-state index contributed by atoms with van der Waals surface area (Å²) in [7, 11) is 1.55. The van der Waals surface area contributed by atoms with Gasteiger partial charge in [0.15, 0.2) is 5.75 Å². The first-order valence-corrected chi connectivity index (χ1v) is 7.56. The number of hydrogen-bond donors (Lipinski definition) is 1. The van der Waals surface area contributed by atoms with Crippen LogP contribution in [0, 0.1) is 6.92 Å². The zero-order valence-corrected chi connectivity index (χ0v) is 13.5. The van der Waals surface area contributed by atoms with E-state index in [-0.39, 0.29) is 25.0 Å². The Morgan fingerprint density at radius 1 is 1.29 bits per heavy atom. The van der Waals surface area contributed by atoms with Crippen molar-refractivity contribution in [2.45, 2.75) is 6.92 Å². The van der Waals surface area contributed by atoms with Crippen LogP contribution in [0.2, 0.25) is 0 Å². The molecule has 0 saturated carbocycles. The molecule has 0 unspecified atom stereocenters. The lowest BCUT2D eigenvalue weighted by Crippen LogP contribution is -2.41. The molecule has 1 aliphatic rings. The molecule has 2 aromatic rings. The van der Waals surface area contributed by atoms with E-state index in [1.165, 1.54) is 0 Å². The lowest BCUT2D eigenvalue weighted by atomic mass is 10.1. The van der Waals surface area contributed by atoms with Crippen LogP contribution in [-0.4, -0.2) is 32.1 Å². The number of fused-ring (bicyclic) bond motifs is 1. The van der Waals surface area contributed by atoms with E-state index in [0.29, 0.717) is 17.2 Å². The van der Waals surface area contributed by atoms with E-state index in [0.717, 1.165) is 11.3 Å². The van der Waals surface area contributed by atoms with Gasteiger partial charge in [-0.25, -0.2) is 4.79 Å². The average molecular weight is 326 g/mol. The first-order chi connectivity index (χ1) is 11.6. The van der Waals surface area contributed by atoms with E-state index < -0.39 is 0 Å². The van der Waals surface area contributed by atoms with Crippen LogP contribution < -0.4 is 19.7 Å². The molecule has 0 fully saturated rings. The molecule has 124 valence electrons. The first kappa shape index (κ1) is 15.9. The number of methoxy groups -OCH3 is 1.